The van der Waals surface area contributed by atoms with Crippen LogP contribution >= 0.6 is 0 Å². The van der Waals surface area contributed by atoms with E-state index in [4.69, 9.17) is 0 Å². The van der Waals surface area contributed by atoms with E-state index in [-0.39, 0.29) is 11.6 Å². The quantitative estimate of drug-likeness (QED) is 0.736. The van der Waals surface area contributed by atoms with E-state index >= 15 is 0 Å². The van der Waals surface area contributed by atoms with E-state index < -0.39 is 0 Å². The molecule has 0 aliphatic carbocycles. The highest BCUT2D eigenvalue weighted by Crippen LogP contribution is 2.09. The van der Waals surface area contributed by atoms with Crippen LogP contribution in [0.1, 0.15) is 25.8 Å². The van der Waals surface area contributed by atoms with Crippen LogP contribution in [0.5, 0.6) is 0 Å². The Morgan fingerprint density at radius 2 is 2.06 bits per heavy atom. The minimum absolute atomic E-state index is 0.327. The molecule has 0 aliphatic rings. The molecule has 0 radical (unpaired) electrons. The van der Waals surface area contributed by atoms with Gasteiger partial charge in [0.05, 0.1) is 0 Å². The van der Waals surface area contributed by atoms with Crippen molar-refractivity contribution in [2.24, 2.45) is 5.92 Å². The van der Waals surface area contributed by atoms with E-state index in [0.29, 0.717) is 24.4 Å². The summed E-state index contributed by atoms with van der Waals surface area (Å²) in [6, 6.07) is 3.59. The smallest absolute Gasteiger partial charge is 0.126 e. The van der Waals surface area contributed by atoms with E-state index in [0.717, 1.165) is 19.0 Å². The predicted octanol–water partition coefficient (Wildman–Crippen LogP) is 3.14. The van der Waals surface area contributed by atoms with E-state index in [1.54, 1.807) is 0 Å². The van der Waals surface area contributed by atoms with Crippen molar-refractivity contribution in [2.45, 2.75) is 26.7 Å². The Kier molecular flexibility index (Phi) is 5.39. The van der Waals surface area contributed by atoms with Crippen LogP contribution in [-0.2, 0) is 6.42 Å². The third kappa shape index (κ3) is 4.27. The number of benzene rings is 1. The molecule has 0 amide bonds. The van der Waals surface area contributed by atoms with Crippen molar-refractivity contribution in [2.75, 3.05) is 13.1 Å². The van der Waals surface area contributed by atoms with Gasteiger partial charge in [-0.2, -0.15) is 0 Å². The standard InChI is InChI=1S/C13H19F2N/c1-3-10(2)9-16-7-6-11-8-12(14)4-5-13(11)15/h4-5,8,10,16H,3,6-7,9H2,1-2H3. The second-order valence-corrected chi connectivity index (χ2v) is 4.20. The molecule has 1 aromatic rings. The van der Waals surface area contributed by atoms with Gasteiger partial charge in [-0.1, -0.05) is 20.3 Å². The molecule has 16 heavy (non-hydrogen) atoms. The van der Waals surface area contributed by atoms with Crippen molar-refractivity contribution in [1.29, 1.82) is 0 Å². The molecular weight excluding hydrogens is 208 g/mol. The molecule has 0 fully saturated rings. The fourth-order valence-corrected chi connectivity index (χ4v) is 1.45. The Morgan fingerprint density at radius 1 is 1.31 bits per heavy atom. The lowest BCUT2D eigenvalue weighted by atomic mass is 10.1. The van der Waals surface area contributed by atoms with Gasteiger partial charge in [0.1, 0.15) is 11.6 Å². The Balaban J connectivity index is 2.34. The van der Waals surface area contributed by atoms with Crippen LogP contribution in [0.25, 0.3) is 0 Å². The SMILES string of the molecule is CCC(C)CNCCc1cc(F)ccc1F. The highest BCUT2D eigenvalue weighted by Gasteiger charge is 2.03. The van der Waals surface area contributed by atoms with Gasteiger partial charge >= 0.3 is 0 Å². The minimum Gasteiger partial charge on any atom is -0.316 e. The van der Waals surface area contributed by atoms with Crippen LogP contribution in [0, 0.1) is 17.6 Å². The first-order chi connectivity index (χ1) is 7.63. The molecule has 1 unspecified atom stereocenters. The lowest BCUT2D eigenvalue weighted by molar-refractivity contribution is 0.498. The monoisotopic (exact) mass is 227 g/mol. The number of nitrogens with one attached hydrogen (secondary N) is 1. The fourth-order valence-electron chi connectivity index (χ4n) is 1.45. The maximum absolute atomic E-state index is 13.2. The summed E-state index contributed by atoms with van der Waals surface area (Å²) in [5.41, 5.74) is 0.441. The van der Waals surface area contributed by atoms with Gasteiger partial charge < -0.3 is 5.32 Å². The van der Waals surface area contributed by atoms with Gasteiger partial charge in [-0.05, 0) is 49.2 Å². The van der Waals surface area contributed by atoms with Crippen molar-refractivity contribution < 1.29 is 8.78 Å². The molecule has 3 heteroatoms. The number of hydrogen-bond donors (Lipinski definition) is 1. The molecule has 0 heterocycles. The average Bonchev–Trinajstić information content (AvgIpc) is 2.28. The largest absolute Gasteiger partial charge is 0.316 e. The van der Waals surface area contributed by atoms with Crippen molar-refractivity contribution in [3.63, 3.8) is 0 Å². The van der Waals surface area contributed by atoms with Crippen LogP contribution in [0.2, 0.25) is 0 Å². The van der Waals surface area contributed by atoms with E-state index in [2.05, 4.69) is 19.2 Å². The molecular formula is C13H19F2N. The highest BCUT2D eigenvalue weighted by atomic mass is 19.1. The maximum atomic E-state index is 13.2. The Morgan fingerprint density at radius 3 is 2.75 bits per heavy atom. The Hall–Kier alpha value is -0.960. The zero-order chi connectivity index (χ0) is 12.0. The van der Waals surface area contributed by atoms with Crippen molar-refractivity contribution in [3.8, 4) is 0 Å². The molecule has 0 saturated carbocycles. The first kappa shape index (κ1) is 13.1. The normalized spacial score (nSPS) is 12.8. The number of rotatable bonds is 6. The summed E-state index contributed by atoms with van der Waals surface area (Å²) in [5.74, 6) is -0.0811. The molecule has 1 aromatic carbocycles. The first-order valence-electron chi connectivity index (χ1n) is 5.78. The van der Waals surface area contributed by atoms with Crippen molar-refractivity contribution >= 4 is 0 Å². The van der Waals surface area contributed by atoms with Gasteiger partial charge in [-0.15, -0.1) is 0 Å². The molecule has 0 spiro atoms. The third-order valence-corrected chi connectivity index (χ3v) is 2.77. The summed E-state index contributed by atoms with van der Waals surface area (Å²) in [7, 11) is 0. The van der Waals surface area contributed by atoms with Crippen LogP contribution in [0.4, 0.5) is 8.78 Å². The molecule has 90 valence electrons. The Bertz CT molecular complexity index is 326. The molecule has 0 aliphatic heterocycles. The molecule has 1 N–H and O–H groups in total. The first-order valence-corrected chi connectivity index (χ1v) is 5.78. The lowest BCUT2D eigenvalue weighted by Gasteiger charge is -2.10. The second kappa shape index (κ2) is 6.59. The highest BCUT2D eigenvalue weighted by molar-refractivity contribution is 5.18. The van der Waals surface area contributed by atoms with Gasteiger partial charge in [0, 0.05) is 0 Å². The van der Waals surface area contributed by atoms with Gasteiger partial charge in [-0.3, -0.25) is 0 Å². The summed E-state index contributed by atoms with van der Waals surface area (Å²) in [4.78, 5) is 0. The van der Waals surface area contributed by atoms with Crippen LogP contribution in [0.15, 0.2) is 18.2 Å². The summed E-state index contributed by atoms with van der Waals surface area (Å²) >= 11 is 0. The van der Waals surface area contributed by atoms with Gasteiger partial charge in [0.15, 0.2) is 0 Å². The van der Waals surface area contributed by atoms with Gasteiger partial charge in [0.2, 0.25) is 0 Å². The lowest BCUT2D eigenvalue weighted by Crippen LogP contribution is -2.23. The zero-order valence-electron chi connectivity index (χ0n) is 9.89. The summed E-state index contributed by atoms with van der Waals surface area (Å²) < 4.78 is 26.1. The number of halogens is 2. The predicted molar refractivity (Wildman–Crippen MR) is 62.4 cm³/mol. The van der Waals surface area contributed by atoms with E-state index in [1.165, 1.54) is 12.1 Å². The molecule has 1 rings (SSSR count). The van der Waals surface area contributed by atoms with Crippen LogP contribution < -0.4 is 5.32 Å². The van der Waals surface area contributed by atoms with Crippen molar-refractivity contribution in [3.05, 3.63) is 35.4 Å². The molecule has 0 aromatic heterocycles. The fraction of sp³-hybridized carbons (Fsp3) is 0.538. The molecule has 1 atom stereocenters. The molecule has 1 nitrogen and oxygen atoms in total. The summed E-state index contributed by atoms with van der Waals surface area (Å²) in [6.45, 7) is 5.91. The van der Waals surface area contributed by atoms with E-state index in [9.17, 15) is 8.78 Å². The second-order valence-electron chi connectivity index (χ2n) is 4.20. The van der Waals surface area contributed by atoms with Crippen LogP contribution in [-0.4, -0.2) is 13.1 Å². The minimum atomic E-state index is -0.377. The zero-order valence-corrected chi connectivity index (χ0v) is 9.89. The third-order valence-electron chi connectivity index (χ3n) is 2.77. The topological polar surface area (TPSA) is 12.0 Å². The summed E-state index contributed by atoms with van der Waals surface area (Å²) in [6.07, 6.45) is 1.65. The molecule has 0 saturated heterocycles. The van der Waals surface area contributed by atoms with Gasteiger partial charge in [0.25, 0.3) is 0 Å². The van der Waals surface area contributed by atoms with E-state index in [1.807, 2.05) is 0 Å². The van der Waals surface area contributed by atoms with Crippen molar-refractivity contribution in [1.82, 2.24) is 5.32 Å². The number of hydrogen-bond acceptors (Lipinski definition) is 1. The Labute approximate surface area is 95.9 Å². The van der Waals surface area contributed by atoms with Crippen LogP contribution in [0.3, 0.4) is 0 Å². The summed E-state index contributed by atoms with van der Waals surface area (Å²) in [5, 5.41) is 3.24. The van der Waals surface area contributed by atoms with Gasteiger partial charge in [-0.25, -0.2) is 8.78 Å². The molecule has 0 bridgehead atoms. The average molecular weight is 227 g/mol. The maximum Gasteiger partial charge on any atom is 0.126 e.